The number of hydrogen-bond donors (Lipinski definition) is 0. The third-order valence-electron chi connectivity index (χ3n) is 18.5. The maximum Gasteiger partial charge on any atom is 2.00 e. The number of allylic oxidation sites excluding steroid dienone is 2. The second kappa shape index (κ2) is 32.3. The molecule has 2 aliphatic heterocycles. The van der Waals surface area contributed by atoms with Crippen molar-refractivity contribution in [2.45, 2.75) is 129 Å². The summed E-state index contributed by atoms with van der Waals surface area (Å²) in [5, 5.41) is 3.01. The molecule has 2 aliphatic rings. The Morgan fingerprint density at radius 2 is 0.882 bits per heavy atom. The largest absolute Gasteiger partial charge is 2.00 e. The number of benzene rings is 6. The van der Waals surface area contributed by atoms with Gasteiger partial charge in [-0.05, 0) is 191 Å². The number of aromatic nitrogens is 2. The molecule has 0 saturated heterocycles. The minimum Gasteiger partial charge on any atom is -0.624 e. The van der Waals surface area contributed by atoms with Crippen molar-refractivity contribution < 1.29 is 72.4 Å². The molecule has 0 unspecified atom stereocenters. The molecule has 0 N–H and O–H groups in total. The fourth-order valence-electron chi connectivity index (χ4n) is 13.7. The molecule has 20 nitrogen and oxygen atoms in total. The Kier molecular flexibility index (Phi) is 22.7. The average molecular weight is 1520 g/mol. The van der Waals surface area contributed by atoms with Crippen LogP contribution in [0.25, 0.3) is 55.4 Å². The number of carbonyl (C=O) groups excluding carboxylic acids is 1. The molecule has 0 bridgehead atoms. The van der Waals surface area contributed by atoms with E-state index in [2.05, 4.69) is 53.7 Å². The summed E-state index contributed by atoms with van der Waals surface area (Å²) in [6.07, 6.45) is 2.56. The van der Waals surface area contributed by atoms with Crippen molar-refractivity contribution in [3.63, 3.8) is 0 Å². The molecule has 6 aromatic heterocycles. The van der Waals surface area contributed by atoms with Gasteiger partial charge in [0, 0.05) is 93.5 Å². The van der Waals surface area contributed by atoms with Crippen molar-refractivity contribution in [3.8, 4) is 46.3 Å². The molecule has 21 heteroatoms. The normalized spacial score (nSPS) is 13.8. The van der Waals surface area contributed by atoms with E-state index < -0.39 is 28.5 Å². The molecule has 6 aromatic carbocycles. The first-order chi connectivity index (χ1) is 52.2. The Labute approximate surface area is 644 Å². The minimum absolute atomic E-state index is 0. The SMILES string of the molecule is CCOC(=O)C1=C(C(C)C)/C(=C(\Oc2c(C)cc(C)cc2C)c2[n-]c(Oc3ccc4ccc(=O)oc4c3)cc2C(C)C)N=C1Oc1ccc2ccc(=O)oc2c1.CCc1c(Oc2ccc3ccc(=O)oc3c2)[n-]c(/C(Oc2c(C)cc(C)cc2C)=C2\N=C(Oc3ccc4ccc(=O)oc4c3)C=C2C(C)C)c1C(C)C.[Co+2]. The van der Waals surface area contributed by atoms with Gasteiger partial charge in [0.1, 0.15) is 85.3 Å². The smallest absolute Gasteiger partial charge is 0.624 e. The number of esters is 1. The Morgan fingerprint density at radius 1 is 0.455 bits per heavy atom. The molecule has 1 radical (unpaired) electrons. The Hall–Kier alpha value is -12.2. The van der Waals surface area contributed by atoms with E-state index >= 15 is 0 Å². The molecule has 12 aromatic rings. The van der Waals surface area contributed by atoms with E-state index in [-0.39, 0.29) is 70.2 Å². The van der Waals surface area contributed by atoms with E-state index in [0.717, 1.165) is 77.6 Å². The molecular formula is C89H82CoN4O16. The Balaban J connectivity index is 0.000000203. The maximum absolute atomic E-state index is 13.9. The third kappa shape index (κ3) is 16.4. The molecule has 8 heterocycles. The van der Waals surface area contributed by atoms with E-state index in [1.165, 1.54) is 24.3 Å². The van der Waals surface area contributed by atoms with Crippen LogP contribution in [-0.4, -0.2) is 24.4 Å². The first-order valence-electron chi connectivity index (χ1n) is 36.2. The van der Waals surface area contributed by atoms with Gasteiger partial charge >= 0.3 is 45.3 Å². The molecule has 0 aliphatic carbocycles. The summed E-state index contributed by atoms with van der Waals surface area (Å²) in [7, 11) is 0. The van der Waals surface area contributed by atoms with Crippen LogP contribution in [0.4, 0.5) is 0 Å². The zero-order chi connectivity index (χ0) is 77.4. The third-order valence-corrected chi connectivity index (χ3v) is 18.5. The van der Waals surface area contributed by atoms with Crippen molar-refractivity contribution in [2.24, 2.45) is 21.8 Å². The zero-order valence-corrected chi connectivity index (χ0v) is 64.9. The van der Waals surface area contributed by atoms with Crippen molar-refractivity contribution >= 4 is 73.2 Å². The van der Waals surface area contributed by atoms with Crippen LogP contribution in [0.3, 0.4) is 0 Å². The number of carbonyl (C=O) groups is 1. The minimum atomic E-state index is -0.620. The van der Waals surface area contributed by atoms with Gasteiger partial charge in [-0.15, -0.1) is 0 Å². The molecule has 0 amide bonds. The van der Waals surface area contributed by atoms with Crippen molar-refractivity contribution in [1.29, 1.82) is 0 Å². The standard InChI is InChI=1S/C45H42N2O9.C44H41N2O7.Co/c1-9-51-45(50)39-38(24(4)5)41(47-44(39)53-31-15-11-29-13-17-37(49)55-34(29)21-31)43(56-42-26(7)18-25(6)19-27(42)8)40-32(23(2)3)22-35(46-40)52-30-14-10-28-12-16-36(48)54-33(28)20-30;1-9-32-39(24(4)5)41(46-44(32)50-31-15-11-29-13-17-38(48)52-35(29)21-31)43(53-42-26(7)18-25(6)19-27(42)8)40-33(23(2)3)22-36(45-40)49-30-14-10-28-12-16-37(47)51-34(28)20-30;/h10-24H,9H2,1-8H3,(H,46,47,50);10-24H,9H2,1-8H3;/q;-1;+2/p-1. The van der Waals surface area contributed by atoms with E-state index in [0.29, 0.717) is 109 Å². The Morgan fingerprint density at radius 3 is 1.30 bits per heavy atom. The number of aryl methyl sites for hydroxylation is 6. The number of ether oxygens (including phenoxy) is 7. The van der Waals surface area contributed by atoms with Gasteiger partial charge in [0.05, 0.1) is 6.61 Å². The number of nitrogens with zero attached hydrogens (tertiary/aromatic N) is 4. The van der Waals surface area contributed by atoms with Crippen LogP contribution in [0, 0.1) is 53.4 Å². The molecular weight excluding hydrogens is 1440 g/mol. The van der Waals surface area contributed by atoms with Crippen molar-refractivity contribution in [3.05, 3.63) is 289 Å². The van der Waals surface area contributed by atoms with Crippen LogP contribution < -0.4 is 60.9 Å². The molecule has 0 fully saturated rings. The molecule has 563 valence electrons. The molecule has 14 rings (SSSR count). The van der Waals surface area contributed by atoms with Gasteiger partial charge in [-0.2, -0.15) is 0 Å². The summed E-state index contributed by atoms with van der Waals surface area (Å²) in [6, 6.07) is 43.4. The van der Waals surface area contributed by atoms with Gasteiger partial charge in [-0.1, -0.05) is 120 Å². The van der Waals surface area contributed by atoms with Gasteiger partial charge in [0.15, 0.2) is 0 Å². The molecule has 0 atom stereocenters. The van der Waals surface area contributed by atoms with Gasteiger partial charge in [-0.3, -0.25) is 0 Å². The summed E-state index contributed by atoms with van der Waals surface area (Å²) >= 11 is 0. The number of hydrogen-bond acceptors (Lipinski definition) is 18. The van der Waals surface area contributed by atoms with Gasteiger partial charge in [0.25, 0.3) is 0 Å². The summed E-state index contributed by atoms with van der Waals surface area (Å²) in [5.74, 6) is 3.97. The summed E-state index contributed by atoms with van der Waals surface area (Å²) in [6.45, 7) is 32.4. The first kappa shape index (κ1) is 77.4. The Bertz CT molecular complexity index is 6050. The maximum atomic E-state index is 13.9. The zero-order valence-electron chi connectivity index (χ0n) is 63.9. The van der Waals surface area contributed by atoms with Crippen molar-refractivity contribution in [1.82, 2.24) is 9.97 Å². The van der Waals surface area contributed by atoms with E-state index in [4.69, 9.17) is 70.8 Å². The van der Waals surface area contributed by atoms with Crippen LogP contribution in [0.5, 0.6) is 46.3 Å². The monoisotopic (exact) mass is 1520 g/mol. The predicted octanol–water partition coefficient (Wildman–Crippen LogP) is 19.5. The fraction of sp³-hybridized carbons (Fsp3) is 0.247. The van der Waals surface area contributed by atoms with Crippen LogP contribution >= 0.6 is 0 Å². The molecule has 0 saturated carbocycles. The number of fused-ring (bicyclic) bond motifs is 4. The summed E-state index contributed by atoms with van der Waals surface area (Å²) in [4.78, 5) is 82.1. The van der Waals surface area contributed by atoms with Gasteiger partial charge < -0.3 is 60.8 Å². The van der Waals surface area contributed by atoms with Crippen LogP contribution in [0.1, 0.15) is 143 Å². The van der Waals surface area contributed by atoms with Crippen LogP contribution in [-0.2, 0) is 32.7 Å². The van der Waals surface area contributed by atoms with Gasteiger partial charge in [0.2, 0.25) is 11.8 Å². The predicted molar refractivity (Wildman–Crippen MR) is 421 cm³/mol. The van der Waals surface area contributed by atoms with E-state index in [9.17, 15) is 24.0 Å². The molecule has 110 heavy (non-hydrogen) atoms. The summed E-state index contributed by atoms with van der Waals surface area (Å²) < 4.78 is 66.8. The summed E-state index contributed by atoms with van der Waals surface area (Å²) in [5.41, 5.74) is 12.0. The fourth-order valence-corrected chi connectivity index (χ4v) is 13.7. The first-order valence-corrected chi connectivity index (χ1v) is 36.2. The van der Waals surface area contributed by atoms with Crippen LogP contribution in [0.2, 0.25) is 0 Å². The van der Waals surface area contributed by atoms with Crippen molar-refractivity contribution in [2.75, 3.05) is 6.61 Å². The number of aliphatic imine (C=N–C) groups is 2. The van der Waals surface area contributed by atoms with E-state index in [1.54, 1.807) is 79.7 Å². The molecule has 0 spiro atoms. The number of rotatable bonds is 19. The van der Waals surface area contributed by atoms with Gasteiger partial charge in [-0.25, -0.2) is 34.0 Å². The second-order valence-electron chi connectivity index (χ2n) is 28.2. The van der Waals surface area contributed by atoms with Crippen LogP contribution in [0.15, 0.2) is 233 Å². The average Bonchev–Trinajstić information content (AvgIpc) is 1.60. The topological polar surface area (TPSA) is 255 Å². The second-order valence-corrected chi connectivity index (χ2v) is 28.2. The quantitative estimate of drug-likeness (QED) is 0.0414. The van der Waals surface area contributed by atoms with E-state index in [1.807, 2.05) is 111 Å².